The third-order valence-corrected chi connectivity index (χ3v) is 5.56. The number of nitrogens with two attached hydrogens (primary N) is 1. The van der Waals surface area contributed by atoms with E-state index in [9.17, 15) is 24.3 Å². The highest BCUT2D eigenvalue weighted by Gasteiger charge is 2.36. The minimum atomic E-state index is -1.39. The number of hydrogen-bond acceptors (Lipinski definition) is 10. The number of carboxylic acid groups (broad SMARTS) is 1. The summed E-state index contributed by atoms with van der Waals surface area (Å²) in [5.74, 6) is -3.75. The first-order valence-corrected chi connectivity index (χ1v) is 12.7. The van der Waals surface area contributed by atoms with Crippen molar-refractivity contribution < 1.29 is 48.0 Å². The van der Waals surface area contributed by atoms with Gasteiger partial charge in [-0.05, 0) is 36.5 Å². The maximum absolute atomic E-state index is 12.3. The Kier molecular flexibility index (Phi) is 13.0. The Morgan fingerprint density at radius 1 is 0.816 bits per heavy atom. The van der Waals surface area contributed by atoms with Crippen molar-refractivity contribution >= 4 is 24.2 Å². The zero-order chi connectivity index (χ0) is 29.2. The van der Waals surface area contributed by atoms with Gasteiger partial charge in [0.05, 0.1) is 19.1 Å². The number of benzene rings is 1. The number of carboxylic acids is 1. The van der Waals surface area contributed by atoms with Crippen molar-refractivity contribution in [1.29, 1.82) is 0 Å². The predicted molar refractivity (Wildman–Crippen MR) is 138 cm³/mol. The Bertz CT molecular complexity index is 959. The lowest BCUT2D eigenvalue weighted by Crippen LogP contribution is -2.43. The number of aliphatic carboxylic acids is 1. The maximum atomic E-state index is 12.3. The highest BCUT2D eigenvalue weighted by atomic mass is 16.7. The molecule has 11 heteroatoms. The molecule has 11 nitrogen and oxygen atoms in total. The van der Waals surface area contributed by atoms with Gasteiger partial charge in [-0.15, -0.1) is 0 Å². The van der Waals surface area contributed by atoms with Crippen LogP contribution in [0.4, 0.5) is 9.59 Å². The van der Waals surface area contributed by atoms with Gasteiger partial charge in [-0.3, -0.25) is 9.59 Å². The van der Waals surface area contributed by atoms with Crippen molar-refractivity contribution in [3.8, 4) is 11.5 Å². The van der Waals surface area contributed by atoms with Crippen LogP contribution in [0.5, 0.6) is 11.5 Å². The van der Waals surface area contributed by atoms with Crippen LogP contribution in [0.25, 0.3) is 0 Å². The van der Waals surface area contributed by atoms with Crippen molar-refractivity contribution in [3.63, 3.8) is 0 Å². The number of carbonyl (C=O) groups excluding carboxylic acids is 3. The van der Waals surface area contributed by atoms with Gasteiger partial charge in [0.15, 0.2) is 11.5 Å². The van der Waals surface area contributed by atoms with Crippen LogP contribution in [0.15, 0.2) is 18.2 Å². The molecule has 0 spiro atoms. The minimum Gasteiger partial charge on any atom is -0.480 e. The van der Waals surface area contributed by atoms with Gasteiger partial charge < -0.3 is 34.5 Å². The average molecular weight is 540 g/mol. The fourth-order valence-electron chi connectivity index (χ4n) is 3.31. The SMILES string of the molecule is CC(C)COC(=O)Oc1ccc(C(C(C)C(C)OC(=O)C(C)C)[C@H](N)C(=O)O)cc1OC(=O)OCC(C)C. The first-order chi connectivity index (χ1) is 17.6. The molecule has 0 saturated carbocycles. The fourth-order valence-corrected chi connectivity index (χ4v) is 3.31. The monoisotopic (exact) mass is 539 g/mol. The number of ether oxygens (including phenoxy) is 5. The molecule has 1 aromatic rings. The van der Waals surface area contributed by atoms with Crippen molar-refractivity contribution in [1.82, 2.24) is 0 Å². The Labute approximate surface area is 223 Å². The highest BCUT2D eigenvalue weighted by molar-refractivity contribution is 5.75. The van der Waals surface area contributed by atoms with Gasteiger partial charge >= 0.3 is 24.2 Å². The number of rotatable bonds is 13. The second kappa shape index (κ2) is 15.2. The quantitative estimate of drug-likeness (QED) is 0.202. The summed E-state index contributed by atoms with van der Waals surface area (Å²) in [6.45, 7) is 14.3. The molecule has 1 aromatic carbocycles. The van der Waals surface area contributed by atoms with E-state index in [0.717, 1.165) is 0 Å². The summed E-state index contributed by atoms with van der Waals surface area (Å²) in [6, 6.07) is 2.80. The summed E-state index contributed by atoms with van der Waals surface area (Å²) >= 11 is 0. The van der Waals surface area contributed by atoms with E-state index in [0.29, 0.717) is 5.56 Å². The Hall–Kier alpha value is -3.34. The van der Waals surface area contributed by atoms with E-state index in [2.05, 4.69) is 0 Å². The van der Waals surface area contributed by atoms with Crippen LogP contribution < -0.4 is 15.2 Å². The smallest absolute Gasteiger partial charge is 0.480 e. The van der Waals surface area contributed by atoms with Crippen LogP contribution in [0, 0.1) is 23.7 Å². The van der Waals surface area contributed by atoms with E-state index in [-0.39, 0.29) is 42.5 Å². The molecule has 0 saturated heterocycles. The molecule has 214 valence electrons. The van der Waals surface area contributed by atoms with Gasteiger partial charge in [0.2, 0.25) is 0 Å². The van der Waals surface area contributed by atoms with Crippen molar-refractivity contribution in [3.05, 3.63) is 23.8 Å². The molecular formula is C27H41NO10. The first kappa shape index (κ1) is 32.7. The second-order valence-electron chi connectivity index (χ2n) is 10.4. The molecule has 0 heterocycles. The minimum absolute atomic E-state index is 0.0458. The average Bonchev–Trinajstić information content (AvgIpc) is 2.82. The zero-order valence-corrected chi connectivity index (χ0v) is 23.4. The second-order valence-corrected chi connectivity index (χ2v) is 10.4. The van der Waals surface area contributed by atoms with Crippen LogP contribution in [0.3, 0.4) is 0 Å². The van der Waals surface area contributed by atoms with Crippen LogP contribution in [-0.2, 0) is 23.8 Å². The zero-order valence-electron chi connectivity index (χ0n) is 23.4. The Morgan fingerprint density at radius 2 is 1.32 bits per heavy atom. The van der Waals surface area contributed by atoms with Gasteiger partial charge in [-0.25, -0.2) is 9.59 Å². The van der Waals surface area contributed by atoms with Gasteiger partial charge in [-0.2, -0.15) is 0 Å². The third kappa shape index (κ3) is 10.6. The lowest BCUT2D eigenvalue weighted by molar-refractivity contribution is -0.155. The molecule has 0 amide bonds. The topological polar surface area (TPSA) is 161 Å². The summed E-state index contributed by atoms with van der Waals surface area (Å²) in [5.41, 5.74) is 6.42. The molecule has 4 atom stereocenters. The largest absolute Gasteiger partial charge is 0.513 e. The summed E-state index contributed by atoms with van der Waals surface area (Å²) in [5, 5.41) is 9.70. The number of carbonyl (C=O) groups is 4. The molecular weight excluding hydrogens is 498 g/mol. The Morgan fingerprint density at radius 3 is 1.76 bits per heavy atom. The highest BCUT2D eigenvalue weighted by Crippen LogP contribution is 2.37. The van der Waals surface area contributed by atoms with Gasteiger partial charge in [-0.1, -0.05) is 54.5 Å². The molecule has 1 rings (SSSR count). The van der Waals surface area contributed by atoms with Crippen LogP contribution in [-0.4, -0.2) is 54.7 Å². The van der Waals surface area contributed by atoms with E-state index < -0.39 is 48.2 Å². The van der Waals surface area contributed by atoms with E-state index in [1.165, 1.54) is 18.2 Å². The third-order valence-electron chi connectivity index (χ3n) is 5.56. The molecule has 0 radical (unpaired) electrons. The predicted octanol–water partition coefficient (Wildman–Crippen LogP) is 4.75. The summed E-state index contributed by atoms with van der Waals surface area (Å²) in [4.78, 5) is 48.6. The number of hydrogen-bond donors (Lipinski definition) is 2. The van der Waals surface area contributed by atoms with Crippen molar-refractivity contribution in [2.75, 3.05) is 13.2 Å². The van der Waals surface area contributed by atoms with Crippen LogP contribution >= 0.6 is 0 Å². The van der Waals surface area contributed by atoms with Crippen LogP contribution in [0.1, 0.15) is 66.9 Å². The van der Waals surface area contributed by atoms with E-state index in [4.69, 9.17) is 29.4 Å². The molecule has 0 bridgehead atoms. The molecule has 38 heavy (non-hydrogen) atoms. The molecule has 0 aliphatic carbocycles. The normalized spacial score (nSPS) is 14.4. The summed E-state index contributed by atoms with van der Waals surface area (Å²) in [6.07, 6.45) is -2.74. The maximum Gasteiger partial charge on any atom is 0.513 e. The standard InChI is InChI=1S/C27H41NO10/c1-14(2)12-34-26(32)37-20-10-9-19(11-21(20)38-27(33)35-13-15(3)4)22(23(28)24(29)30)17(7)18(8)36-25(31)16(5)6/h9-11,14-18,22-23H,12-13,28H2,1-8H3,(H,29,30)/t17?,18?,22?,23-/m0/s1. The van der Waals surface area contributed by atoms with Gasteiger partial charge in [0.1, 0.15) is 12.1 Å². The fraction of sp³-hybridized carbons (Fsp3) is 0.630. The van der Waals surface area contributed by atoms with E-state index in [1.54, 1.807) is 27.7 Å². The molecule has 3 unspecified atom stereocenters. The molecule has 0 aromatic heterocycles. The molecule has 0 aliphatic rings. The van der Waals surface area contributed by atoms with Gasteiger partial charge in [0, 0.05) is 11.8 Å². The van der Waals surface area contributed by atoms with Crippen LogP contribution in [0.2, 0.25) is 0 Å². The lowest BCUT2D eigenvalue weighted by Gasteiger charge is -2.32. The number of esters is 1. The summed E-state index contributed by atoms with van der Waals surface area (Å²) in [7, 11) is 0. The Balaban J connectivity index is 3.42. The molecule has 0 fully saturated rings. The summed E-state index contributed by atoms with van der Waals surface area (Å²) < 4.78 is 26.2. The van der Waals surface area contributed by atoms with Gasteiger partial charge in [0.25, 0.3) is 0 Å². The van der Waals surface area contributed by atoms with Crippen molar-refractivity contribution in [2.45, 2.75) is 73.5 Å². The van der Waals surface area contributed by atoms with Crippen molar-refractivity contribution in [2.24, 2.45) is 29.4 Å². The molecule has 3 N–H and O–H groups in total. The van der Waals surface area contributed by atoms with E-state index in [1.807, 2.05) is 27.7 Å². The van der Waals surface area contributed by atoms with E-state index >= 15 is 0 Å². The molecule has 0 aliphatic heterocycles. The first-order valence-electron chi connectivity index (χ1n) is 12.7. The lowest BCUT2D eigenvalue weighted by atomic mass is 9.79.